The standard InChI is InChI=1S/C15H24N6O/c1-3-4-5-8-21-13-12(11-17-19(2)14(13)22)18-15(21)20-9-6-16-7-10-20/h4-5,11,15-16,18H,3,6-10H2,1-2H3/b5-4+. The molecule has 1 aromatic rings. The summed E-state index contributed by atoms with van der Waals surface area (Å²) < 4.78 is 1.40. The van der Waals surface area contributed by atoms with Gasteiger partial charge in [-0.15, -0.1) is 0 Å². The van der Waals surface area contributed by atoms with Crippen molar-refractivity contribution in [1.29, 1.82) is 0 Å². The molecule has 22 heavy (non-hydrogen) atoms. The van der Waals surface area contributed by atoms with Crippen LogP contribution in [0.1, 0.15) is 13.3 Å². The Hall–Kier alpha value is -1.86. The van der Waals surface area contributed by atoms with Crippen molar-refractivity contribution in [2.75, 3.05) is 42.9 Å². The molecule has 2 aliphatic rings. The summed E-state index contributed by atoms with van der Waals surface area (Å²) in [6.45, 7) is 6.72. The number of aromatic nitrogens is 2. The molecule has 3 rings (SSSR count). The van der Waals surface area contributed by atoms with Crippen molar-refractivity contribution in [2.24, 2.45) is 7.05 Å². The van der Waals surface area contributed by atoms with Crippen LogP contribution in [0.4, 0.5) is 11.4 Å². The van der Waals surface area contributed by atoms with Gasteiger partial charge in [0.05, 0.1) is 11.9 Å². The minimum Gasteiger partial charge on any atom is -0.350 e. The van der Waals surface area contributed by atoms with Crippen LogP contribution in [0.3, 0.4) is 0 Å². The third kappa shape index (κ3) is 2.74. The van der Waals surface area contributed by atoms with Gasteiger partial charge in [-0.1, -0.05) is 19.1 Å². The molecule has 0 spiro atoms. The van der Waals surface area contributed by atoms with E-state index in [0.29, 0.717) is 0 Å². The molecule has 0 saturated carbocycles. The molecule has 120 valence electrons. The van der Waals surface area contributed by atoms with E-state index >= 15 is 0 Å². The zero-order valence-electron chi connectivity index (χ0n) is 13.2. The van der Waals surface area contributed by atoms with Crippen molar-refractivity contribution < 1.29 is 0 Å². The van der Waals surface area contributed by atoms with Gasteiger partial charge in [-0.2, -0.15) is 5.10 Å². The summed E-state index contributed by atoms with van der Waals surface area (Å²) in [7, 11) is 1.70. The van der Waals surface area contributed by atoms with Gasteiger partial charge in [-0.25, -0.2) is 4.68 Å². The Labute approximate surface area is 130 Å². The van der Waals surface area contributed by atoms with Crippen molar-refractivity contribution >= 4 is 11.4 Å². The lowest BCUT2D eigenvalue weighted by atomic mass is 10.3. The highest BCUT2D eigenvalue weighted by atomic mass is 16.1. The van der Waals surface area contributed by atoms with E-state index in [0.717, 1.165) is 50.5 Å². The average Bonchev–Trinajstić information content (AvgIpc) is 2.92. The van der Waals surface area contributed by atoms with E-state index in [9.17, 15) is 4.79 Å². The molecule has 1 saturated heterocycles. The largest absolute Gasteiger partial charge is 0.350 e. The number of fused-ring (bicyclic) bond motifs is 1. The highest BCUT2D eigenvalue weighted by molar-refractivity contribution is 5.74. The molecule has 2 aliphatic heterocycles. The maximum atomic E-state index is 12.5. The van der Waals surface area contributed by atoms with Gasteiger partial charge in [0.25, 0.3) is 5.56 Å². The van der Waals surface area contributed by atoms with Crippen LogP contribution in [0, 0.1) is 0 Å². The smallest absolute Gasteiger partial charge is 0.292 e. The number of anilines is 2. The Bertz CT molecular complexity index is 605. The lowest BCUT2D eigenvalue weighted by Crippen LogP contribution is -2.56. The maximum Gasteiger partial charge on any atom is 0.292 e. The van der Waals surface area contributed by atoms with E-state index in [1.165, 1.54) is 4.68 Å². The SMILES string of the molecule is CC/C=C/CN1c2c(cnn(C)c2=O)NC1N1CCNCC1. The summed E-state index contributed by atoms with van der Waals surface area (Å²) in [6.07, 6.45) is 7.04. The van der Waals surface area contributed by atoms with Gasteiger partial charge in [0.15, 0.2) is 6.29 Å². The number of nitrogens with one attached hydrogen (secondary N) is 2. The number of aryl methyl sites for hydroxylation is 1. The Kier molecular flexibility index (Phi) is 4.44. The molecule has 1 aromatic heterocycles. The van der Waals surface area contributed by atoms with Crippen LogP contribution in [0.2, 0.25) is 0 Å². The first-order valence-corrected chi connectivity index (χ1v) is 7.91. The van der Waals surface area contributed by atoms with E-state index in [4.69, 9.17) is 0 Å². The van der Waals surface area contributed by atoms with Crippen LogP contribution in [0.15, 0.2) is 23.1 Å². The highest BCUT2D eigenvalue weighted by Gasteiger charge is 2.35. The van der Waals surface area contributed by atoms with E-state index in [1.54, 1.807) is 13.2 Å². The van der Waals surface area contributed by atoms with Crippen LogP contribution >= 0.6 is 0 Å². The first kappa shape index (κ1) is 15.1. The Morgan fingerprint density at radius 1 is 1.36 bits per heavy atom. The first-order chi connectivity index (χ1) is 10.7. The summed E-state index contributed by atoms with van der Waals surface area (Å²) in [4.78, 5) is 17.0. The molecule has 0 aliphatic carbocycles. The lowest BCUT2D eigenvalue weighted by molar-refractivity contribution is 0.190. The Balaban J connectivity index is 1.92. The minimum atomic E-state index is -0.0486. The molecule has 0 bridgehead atoms. The van der Waals surface area contributed by atoms with Crippen LogP contribution in [-0.2, 0) is 7.05 Å². The molecule has 0 amide bonds. The number of nitrogens with zero attached hydrogens (tertiary/aromatic N) is 4. The number of allylic oxidation sites excluding steroid dienone is 1. The molecule has 1 unspecified atom stereocenters. The van der Waals surface area contributed by atoms with Gasteiger partial charge in [0.1, 0.15) is 5.69 Å². The number of hydrogen-bond donors (Lipinski definition) is 2. The first-order valence-electron chi connectivity index (χ1n) is 7.91. The summed E-state index contributed by atoms with van der Waals surface area (Å²) in [5, 5.41) is 11.0. The van der Waals surface area contributed by atoms with Crippen LogP contribution in [0.25, 0.3) is 0 Å². The minimum absolute atomic E-state index is 0.0236. The molecule has 0 aromatic carbocycles. The van der Waals surface area contributed by atoms with E-state index in [2.05, 4.69) is 44.6 Å². The van der Waals surface area contributed by atoms with Crippen LogP contribution in [-0.4, -0.2) is 53.7 Å². The fraction of sp³-hybridized carbons (Fsp3) is 0.600. The topological polar surface area (TPSA) is 65.4 Å². The van der Waals surface area contributed by atoms with Crippen LogP contribution in [0.5, 0.6) is 0 Å². The van der Waals surface area contributed by atoms with Crippen molar-refractivity contribution in [3.8, 4) is 0 Å². The quantitative estimate of drug-likeness (QED) is 0.773. The van der Waals surface area contributed by atoms with Gasteiger partial charge in [-0.3, -0.25) is 9.69 Å². The van der Waals surface area contributed by atoms with Gasteiger partial charge < -0.3 is 15.5 Å². The fourth-order valence-electron chi connectivity index (χ4n) is 3.01. The van der Waals surface area contributed by atoms with Crippen molar-refractivity contribution in [2.45, 2.75) is 19.6 Å². The molecule has 7 nitrogen and oxygen atoms in total. The molecule has 1 atom stereocenters. The second-order valence-corrected chi connectivity index (χ2v) is 5.67. The molecule has 0 radical (unpaired) electrons. The van der Waals surface area contributed by atoms with Gasteiger partial charge >= 0.3 is 0 Å². The Morgan fingerprint density at radius 3 is 2.86 bits per heavy atom. The van der Waals surface area contributed by atoms with Crippen molar-refractivity contribution in [3.05, 3.63) is 28.7 Å². The zero-order valence-corrected chi connectivity index (χ0v) is 13.2. The summed E-state index contributed by atoms with van der Waals surface area (Å²) in [5.41, 5.74) is 1.51. The molecule has 3 heterocycles. The van der Waals surface area contributed by atoms with Crippen molar-refractivity contribution in [3.63, 3.8) is 0 Å². The normalized spacial score (nSPS) is 22.1. The Morgan fingerprint density at radius 2 is 2.14 bits per heavy atom. The van der Waals surface area contributed by atoms with Gasteiger partial charge in [0.2, 0.25) is 0 Å². The highest BCUT2D eigenvalue weighted by Crippen LogP contribution is 2.31. The predicted molar refractivity (Wildman–Crippen MR) is 88.1 cm³/mol. The van der Waals surface area contributed by atoms with Crippen molar-refractivity contribution in [1.82, 2.24) is 20.0 Å². The molecule has 1 fully saturated rings. The third-order valence-corrected chi connectivity index (χ3v) is 4.18. The van der Waals surface area contributed by atoms with E-state index < -0.39 is 0 Å². The van der Waals surface area contributed by atoms with E-state index in [-0.39, 0.29) is 11.8 Å². The number of rotatable bonds is 4. The number of hydrogen-bond acceptors (Lipinski definition) is 6. The molecule has 2 N–H and O–H groups in total. The summed E-state index contributed by atoms with van der Waals surface area (Å²) in [5.74, 6) is 0. The number of piperazine rings is 1. The summed E-state index contributed by atoms with van der Waals surface area (Å²) in [6, 6.07) is 0. The predicted octanol–water partition coefficient (Wildman–Crippen LogP) is 0.167. The van der Waals surface area contributed by atoms with Crippen LogP contribution < -0.4 is 21.1 Å². The molecular formula is C15H24N6O. The second kappa shape index (κ2) is 6.50. The fourth-order valence-corrected chi connectivity index (χ4v) is 3.01. The molecular weight excluding hydrogens is 280 g/mol. The second-order valence-electron chi connectivity index (χ2n) is 5.67. The zero-order chi connectivity index (χ0) is 15.5. The molecule has 7 heteroatoms. The lowest BCUT2D eigenvalue weighted by Gasteiger charge is -2.37. The monoisotopic (exact) mass is 304 g/mol. The van der Waals surface area contributed by atoms with Gasteiger partial charge in [0, 0.05) is 39.8 Å². The average molecular weight is 304 g/mol. The third-order valence-electron chi connectivity index (χ3n) is 4.18. The van der Waals surface area contributed by atoms with Gasteiger partial charge in [-0.05, 0) is 6.42 Å². The summed E-state index contributed by atoms with van der Waals surface area (Å²) >= 11 is 0. The van der Waals surface area contributed by atoms with E-state index in [1.807, 2.05) is 0 Å². The maximum absolute atomic E-state index is 12.5.